The zero-order valence-corrected chi connectivity index (χ0v) is 19.7. The molecule has 2 atom stereocenters. The monoisotopic (exact) mass is 438 g/mol. The van der Waals surface area contributed by atoms with Crippen LogP contribution in [0.5, 0.6) is 11.5 Å². The number of benzene rings is 2. The number of nitrogens with zero attached hydrogens (tertiary/aromatic N) is 1. The highest BCUT2D eigenvalue weighted by Gasteiger charge is 2.43. The second-order valence-corrected chi connectivity index (χ2v) is 10.1. The first-order chi connectivity index (χ1) is 15.1. The van der Waals surface area contributed by atoms with E-state index in [2.05, 4.69) is 26.1 Å². The fourth-order valence-electron chi connectivity index (χ4n) is 5.13. The summed E-state index contributed by atoms with van der Waals surface area (Å²) in [6.45, 7) is 9.02. The summed E-state index contributed by atoms with van der Waals surface area (Å²) in [7, 11) is 1.76. The molecule has 1 aliphatic rings. The molecule has 0 heterocycles. The van der Waals surface area contributed by atoms with Crippen molar-refractivity contribution in [2.45, 2.75) is 53.0 Å². The summed E-state index contributed by atoms with van der Waals surface area (Å²) < 4.78 is 11.0. The van der Waals surface area contributed by atoms with Crippen molar-refractivity contribution in [1.82, 2.24) is 10.2 Å². The van der Waals surface area contributed by atoms with Crippen LogP contribution in [-0.4, -0.2) is 36.7 Å². The van der Waals surface area contributed by atoms with Gasteiger partial charge in [0, 0.05) is 19.6 Å². The summed E-state index contributed by atoms with van der Waals surface area (Å²) >= 11 is 0. The largest absolute Gasteiger partial charge is 0.414 e. The molecule has 0 saturated heterocycles. The van der Waals surface area contributed by atoms with Gasteiger partial charge in [0.1, 0.15) is 11.5 Å². The van der Waals surface area contributed by atoms with E-state index in [9.17, 15) is 9.59 Å². The van der Waals surface area contributed by atoms with Crippen LogP contribution in [-0.2, 0) is 0 Å². The summed E-state index contributed by atoms with van der Waals surface area (Å²) in [6.07, 6.45) is 1.71. The van der Waals surface area contributed by atoms with Gasteiger partial charge in [-0.25, -0.2) is 9.59 Å². The van der Waals surface area contributed by atoms with E-state index in [1.165, 1.54) is 0 Å². The predicted octanol–water partition coefficient (Wildman–Crippen LogP) is 5.80. The van der Waals surface area contributed by atoms with Crippen molar-refractivity contribution in [3.8, 4) is 11.5 Å². The van der Waals surface area contributed by atoms with Gasteiger partial charge in [-0.3, -0.25) is 0 Å². The van der Waals surface area contributed by atoms with Crippen LogP contribution >= 0.6 is 0 Å². The molecule has 0 radical (unpaired) electrons. The summed E-state index contributed by atoms with van der Waals surface area (Å²) in [4.78, 5) is 26.8. The minimum Gasteiger partial charge on any atom is -0.410 e. The summed E-state index contributed by atoms with van der Waals surface area (Å²) in [5, 5.41) is 3.05. The van der Waals surface area contributed by atoms with Crippen LogP contribution in [0.4, 0.5) is 9.59 Å². The van der Waals surface area contributed by atoms with E-state index in [1.54, 1.807) is 30.1 Å². The van der Waals surface area contributed by atoms with E-state index in [0.717, 1.165) is 24.8 Å². The van der Waals surface area contributed by atoms with Crippen LogP contribution in [0.15, 0.2) is 54.6 Å². The lowest BCUT2D eigenvalue weighted by Crippen LogP contribution is -2.51. The van der Waals surface area contributed by atoms with Crippen LogP contribution in [0.25, 0.3) is 0 Å². The number of carbonyl (C=O) groups is 2. The predicted molar refractivity (Wildman–Crippen MR) is 125 cm³/mol. The molecule has 2 aromatic rings. The molecule has 6 nitrogen and oxygen atoms in total. The van der Waals surface area contributed by atoms with E-state index in [0.29, 0.717) is 18.0 Å². The van der Waals surface area contributed by atoms with Crippen LogP contribution in [0.1, 0.15) is 45.6 Å². The highest BCUT2D eigenvalue weighted by atomic mass is 16.6. The molecular formula is C26H34N2O4. The summed E-state index contributed by atoms with van der Waals surface area (Å²) in [6, 6.07) is 16.5. The second-order valence-electron chi connectivity index (χ2n) is 10.1. The Balaban J connectivity index is 1.62. The maximum Gasteiger partial charge on any atom is 0.414 e. The summed E-state index contributed by atoms with van der Waals surface area (Å²) in [5.74, 6) is 1.09. The average Bonchev–Trinajstić information content (AvgIpc) is 2.68. The molecule has 2 aromatic carbocycles. The van der Waals surface area contributed by atoms with E-state index in [-0.39, 0.29) is 23.0 Å². The summed E-state index contributed by atoms with van der Waals surface area (Å²) in [5.41, 5.74) is 0.750. The maximum absolute atomic E-state index is 12.6. The lowest BCUT2D eigenvalue weighted by molar-refractivity contribution is 0.0457. The molecule has 0 bridgehead atoms. The number of amides is 2. The van der Waals surface area contributed by atoms with Crippen molar-refractivity contribution in [3.05, 3.63) is 60.2 Å². The SMILES string of the molecule is Cc1ccccc1OC(=O)NC1CC(C)(C)CC(C)(CN(C)C(=O)Oc2ccccc2)C1. The number of nitrogens with one attached hydrogen (secondary N) is 1. The molecule has 2 amide bonds. The molecule has 3 rings (SSSR count). The first-order valence-electron chi connectivity index (χ1n) is 11.1. The molecule has 1 saturated carbocycles. The number of aryl methyl sites for hydroxylation is 1. The zero-order valence-electron chi connectivity index (χ0n) is 19.7. The Labute approximate surface area is 190 Å². The average molecular weight is 439 g/mol. The molecular weight excluding hydrogens is 404 g/mol. The standard InChI is InChI=1S/C26H34N2O4/c1-19-11-9-10-14-22(19)32-23(29)27-20-15-25(2,3)17-26(4,16-20)18-28(5)24(30)31-21-12-7-6-8-13-21/h6-14,20H,15-18H2,1-5H3,(H,27,29). The van der Waals surface area contributed by atoms with Gasteiger partial charge >= 0.3 is 12.2 Å². The highest BCUT2D eigenvalue weighted by molar-refractivity contribution is 5.71. The van der Waals surface area contributed by atoms with Gasteiger partial charge in [-0.05, 0) is 60.8 Å². The Bertz CT molecular complexity index is 944. The van der Waals surface area contributed by atoms with Crippen molar-refractivity contribution in [2.75, 3.05) is 13.6 Å². The molecule has 2 unspecified atom stereocenters. The number of hydrogen-bond donors (Lipinski definition) is 1. The second kappa shape index (κ2) is 9.63. The number of hydrogen-bond acceptors (Lipinski definition) is 4. The minimum atomic E-state index is -0.443. The third-order valence-corrected chi connectivity index (χ3v) is 5.94. The lowest BCUT2D eigenvalue weighted by atomic mass is 9.62. The normalized spacial score (nSPS) is 22.0. The first kappa shape index (κ1) is 23.6. The van der Waals surface area contributed by atoms with Crippen LogP contribution < -0.4 is 14.8 Å². The van der Waals surface area contributed by atoms with Gasteiger partial charge in [-0.1, -0.05) is 57.2 Å². The third kappa shape index (κ3) is 6.49. The zero-order chi connectivity index (χ0) is 23.4. The van der Waals surface area contributed by atoms with Gasteiger partial charge in [0.25, 0.3) is 0 Å². The smallest absolute Gasteiger partial charge is 0.410 e. The van der Waals surface area contributed by atoms with Crippen molar-refractivity contribution in [3.63, 3.8) is 0 Å². The van der Waals surface area contributed by atoms with Gasteiger partial charge in [0.2, 0.25) is 0 Å². The van der Waals surface area contributed by atoms with Gasteiger partial charge in [-0.15, -0.1) is 0 Å². The van der Waals surface area contributed by atoms with Crippen LogP contribution in [0.3, 0.4) is 0 Å². The molecule has 1 fully saturated rings. The van der Waals surface area contributed by atoms with E-state index < -0.39 is 6.09 Å². The molecule has 0 aromatic heterocycles. The number of para-hydroxylation sites is 2. The lowest BCUT2D eigenvalue weighted by Gasteiger charge is -2.47. The van der Waals surface area contributed by atoms with Crippen molar-refractivity contribution >= 4 is 12.2 Å². The maximum atomic E-state index is 12.6. The molecule has 0 aliphatic heterocycles. The first-order valence-corrected chi connectivity index (χ1v) is 11.1. The van der Waals surface area contributed by atoms with Gasteiger partial charge in [-0.2, -0.15) is 0 Å². The molecule has 1 aliphatic carbocycles. The fourth-order valence-corrected chi connectivity index (χ4v) is 5.13. The third-order valence-electron chi connectivity index (χ3n) is 5.94. The minimum absolute atomic E-state index is 0.0117. The van der Waals surface area contributed by atoms with Gasteiger partial charge in [0.05, 0.1) is 0 Å². The Kier molecular flexibility index (Phi) is 7.12. The molecule has 172 valence electrons. The van der Waals surface area contributed by atoms with E-state index in [4.69, 9.17) is 9.47 Å². The number of carbonyl (C=O) groups excluding carboxylic acids is 2. The molecule has 32 heavy (non-hydrogen) atoms. The Hall–Kier alpha value is -3.02. The van der Waals surface area contributed by atoms with Crippen molar-refractivity contribution < 1.29 is 19.1 Å². The Morgan fingerprint density at radius 2 is 1.66 bits per heavy atom. The quantitative estimate of drug-likeness (QED) is 0.641. The van der Waals surface area contributed by atoms with Crippen molar-refractivity contribution in [1.29, 1.82) is 0 Å². The highest BCUT2D eigenvalue weighted by Crippen LogP contribution is 2.46. The van der Waals surface area contributed by atoms with Crippen LogP contribution in [0, 0.1) is 17.8 Å². The van der Waals surface area contributed by atoms with Gasteiger partial charge < -0.3 is 19.7 Å². The number of ether oxygens (including phenoxy) is 2. The molecule has 1 N–H and O–H groups in total. The molecule has 6 heteroatoms. The van der Waals surface area contributed by atoms with Crippen molar-refractivity contribution in [2.24, 2.45) is 10.8 Å². The van der Waals surface area contributed by atoms with Gasteiger partial charge in [0.15, 0.2) is 0 Å². The van der Waals surface area contributed by atoms with E-state index in [1.807, 2.05) is 43.3 Å². The van der Waals surface area contributed by atoms with E-state index >= 15 is 0 Å². The number of rotatable bonds is 5. The fraction of sp³-hybridized carbons (Fsp3) is 0.462. The Morgan fingerprint density at radius 3 is 2.34 bits per heavy atom. The Morgan fingerprint density at radius 1 is 1.00 bits per heavy atom. The molecule has 0 spiro atoms. The topological polar surface area (TPSA) is 67.9 Å². The van der Waals surface area contributed by atoms with Crippen LogP contribution in [0.2, 0.25) is 0 Å².